The van der Waals surface area contributed by atoms with Crippen LogP contribution >= 0.6 is 0 Å². The monoisotopic (exact) mass is 458 g/mol. The predicted molar refractivity (Wildman–Crippen MR) is 128 cm³/mol. The molecule has 0 saturated carbocycles. The van der Waals surface area contributed by atoms with Gasteiger partial charge < -0.3 is 15.1 Å². The summed E-state index contributed by atoms with van der Waals surface area (Å²) in [6, 6.07) is 14.3. The van der Waals surface area contributed by atoms with Crippen molar-refractivity contribution in [2.75, 3.05) is 24.5 Å². The Kier molecular flexibility index (Phi) is 5.17. The molecule has 3 amide bonds. The number of nitrogens with one attached hydrogen (secondary N) is 2. The molecular weight excluding hydrogens is 428 g/mol. The van der Waals surface area contributed by atoms with Crippen LogP contribution < -0.4 is 15.5 Å². The SMILES string of the molecule is O=C1CCC(N2Cc3cc(CN4CC5(CCNCC5)Cc5ccccc54)ccc3C2=O)C(=O)N1. The number of hydrogen-bond acceptors (Lipinski definition) is 5. The lowest BCUT2D eigenvalue weighted by Gasteiger charge is -2.47. The van der Waals surface area contributed by atoms with Gasteiger partial charge in [-0.25, -0.2) is 0 Å². The number of imide groups is 1. The lowest BCUT2D eigenvalue weighted by atomic mass is 9.71. The van der Waals surface area contributed by atoms with E-state index in [-0.39, 0.29) is 24.1 Å². The lowest BCUT2D eigenvalue weighted by Crippen LogP contribution is -2.52. The van der Waals surface area contributed by atoms with Crippen LogP contribution in [0.15, 0.2) is 42.5 Å². The number of carbonyl (C=O) groups is 3. The second-order valence-electron chi connectivity index (χ2n) is 10.3. The summed E-state index contributed by atoms with van der Waals surface area (Å²) in [6.45, 7) is 4.41. The number of fused-ring (bicyclic) bond motifs is 2. The Bertz CT molecular complexity index is 1170. The Labute approximate surface area is 199 Å². The zero-order chi connectivity index (χ0) is 23.3. The Morgan fingerprint density at radius 3 is 2.65 bits per heavy atom. The van der Waals surface area contributed by atoms with Crippen LogP contribution in [0, 0.1) is 5.41 Å². The number of anilines is 1. The van der Waals surface area contributed by atoms with Crippen molar-refractivity contribution >= 4 is 23.4 Å². The van der Waals surface area contributed by atoms with E-state index in [2.05, 4.69) is 51.9 Å². The van der Waals surface area contributed by atoms with Crippen LogP contribution in [0.1, 0.15) is 52.7 Å². The van der Waals surface area contributed by atoms with Crippen molar-refractivity contribution in [2.24, 2.45) is 5.41 Å². The molecule has 4 aliphatic heterocycles. The highest BCUT2D eigenvalue weighted by Gasteiger charge is 2.40. The highest BCUT2D eigenvalue weighted by atomic mass is 16.2. The predicted octanol–water partition coefficient (Wildman–Crippen LogP) is 2.38. The minimum Gasteiger partial charge on any atom is -0.366 e. The summed E-state index contributed by atoms with van der Waals surface area (Å²) < 4.78 is 0. The van der Waals surface area contributed by atoms with Crippen molar-refractivity contribution in [1.29, 1.82) is 0 Å². The molecule has 1 atom stereocenters. The van der Waals surface area contributed by atoms with Crippen LogP contribution in [0.5, 0.6) is 0 Å². The number of benzene rings is 2. The molecule has 0 aliphatic carbocycles. The van der Waals surface area contributed by atoms with E-state index in [4.69, 9.17) is 0 Å². The first-order valence-electron chi connectivity index (χ1n) is 12.3. The van der Waals surface area contributed by atoms with E-state index in [1.165, 1.54) is 29.7 Å². The van der Waals surface area contributed by atoms with E-state index >= 15 is 0 Å². The second-order valence-corrected chi connectivity index (χ2v) is 10.3. The molecule has 2 aromatic rings. The number of hydrogen-bond donors (Lipinski definition) is 2. The second kappa shape index (κ2) is 8.24. The fraction of sp³-hybridized carbons (Fsp3) is 0.444. The third-order valence-electron chi connectivity index (χ3n) is 8.05. The van der Waals surface area contributed by atoms with Crippen LogP contribution in [0.3, 0.4) is 0 Å². The van der Waals surface area contributed by atoms with Gasteiger partial charge in [-0.3, -0.25) is 19.7 Å². The first-order chi connectivity index (χ1) is 16.5. The molecule has 2 fully saturated rings. The standard InChI is InChI=1S/C27H30N4O3/c32-24-8-7-23(25(33)29-24)31-16-20-13-18(5-6-21(20)26(31)34)15-30-17-27(9-11-28-12-10-27)14-19-3-1-2-4-22(19)30/h1-6,13,23,28H,7-12,14-17H2,(H,29,32,33). The molecule has 7 nitrogen and oxygen atoms in total. The van der Waals surface area contributed by atoms with E-state index in [0.29, 0.717) is 23.9 Å². The smallest absolute Gasteiger partial charge is 0.255 e. The summed E-state index contributed by atoms with van der Waals surface area (Å²) in [4.78, 5) is 41.0. The van der Waals surface area contributed by atoms with Gasteiger partial charge in [-0.05, 0) is 73.0 Å². The van der Waals surface area contributed by atoms with Gasteiger partial charge in [0.1, 0.15) is 6.04 Å². The normalized spacial score (nSPS) is 23.6. The maximum atomic E-state index is 13.0. The van der Waals surface area contributed by atoms with Gasteiger partial charge in [-0.2, -0.15) is 0 Å². The van der Waals surface area contributed by atoms with Gasteiger partial charge in [0.15, 0.2) is 0 Å². The maximum Gasteiger partial charge on any atom is 0.255 e. The molecule has 6 rings (SSSR count). The Hall–Kier alpha value is -3.19. The summed E-state index contributed by atoms with van der Waals surface area (Å²) >= 11 is 0. The van der Waals surface area contributed by atoms with E-state index in [1.54, 1.807) is 4.90 Å². The first-order valence-corrected chi connectivity index (χ1v) is 12.3. The molecule has 2 N–H and O–H groups in total. The highest BCUT2D eigenvalue weighted by Crippen LogP contribution is 2.42. The van der Waals surface area contributed by atoms with E-state index in [0.717, 1.165) is 38.2 Å². The molecule has 4 aliphatic rings. The van der Waals surface area contributed by atoms with Crippen molar-refractivity contribution in [3.8, 4) is 0 Å². The Morgan fingerprint density at radius 1 is 1.00 bits per heavy atom. The van der Waals surface area contributed by atoms with E-state index in [9.17, 15) is 14.4 Å². The van der Waals surface area contributed by atoms with Crippen molar-refractivity contribution in [3.63, 3.8) is 0 Å². The number of nitrogens with zero attached hydrogens (tertiary/aromatic N) is 2. The molecule has 1 spiro atoms. The van der Waals surface area contributed by atoms with Crippen molar-refractivity contribution in [1.82, 2.24) is 15.5 Å². The number of piperidine rings is 2. The Balaban J connectivity index is 1.24. The summed E-state index contributed by atoms with van der Waals surface area (Å²) in [5.74, 6) is -0.746. The first kappa shape index (κ1) is 21.4. The molecular formula is C27H30N4O3. The van der Waals surface area contributed by atoms with Gasteiger partial charge in [-0.1, -0.05) is 30.3 Å². The molecule has 2 saturated heterocycles. The summed E-state index contributed by atoms with van der Waals surface area (Å²) in [6.07, 6.45) is 4.18. The zero-order valence-electron chi connectivity index (χ0n) is 19.3. The number of carbonyl (C=O) groups excluding carboxylic acids is 3. The number of para-hydroxylation sites is 1. The van der Waals surface area contributed by atoms with Gasteiger partial charge in [0, 0.05) is 37.3 Å². The largest absolute Gasteiger partial charge is 0.366 e. The topological polar surface area (TPSA) is 81.8 Å². The fourth-order valence-corrected chi connectivity index (χ4v) is 6.30. The van der Waals surface area contributed by atoms with Crippen LogP contribution in [0.4, 0.5) is 5.69 Å². The number of rotatable bonds is 3. The zero-order valence-corrected chi connectivity index (χ0v) is 19.3. The van der Waals surface area contributed by atoms with Gasteiger partial charge in [0.2, 0.25) is 11.8 Å². The van der Waals surface area contributed by atoms with Crippen LogP contribution in [0.2, 0.25) is 0 Å². The molecule has 176 valence electrons. The van der Waals surface area contributed by atoms with Crippen LogP contribution in [0.25, 0.3) is 0 Å². The van der Waals surface area contributed by atoms with Crippen molar-refractivity contribution in [3.05, 3.63) is 64.7 Å². The average molecular weight is 459 g/mol. The average Bonchev–Trinajstić information content (AvgIpc) is 3.15. The lowest BCUT2D eigenvalue weighted by molar-refractivity contribution is -0.136. The maximum absolute atomic E-state index is 13.0. The third kappa shape index (κ3) is 3.68. The molecule has 2 aromatic carbocycles. The van der Waals surface area contributed by atoms with Crippen molar-refractivity contribution in [2.45, 2.75) is 51.2 Å². The van der Waals surface area contributed by atoms with Gasteiger partial charge in [-0.15, -0.1) is 0 Å². The molecule has 7 heteroatoms. The van der Waals surface area contributed by atoms with Gasteiger partial charge in [0.25, 0.3) is 5.91 Å². The molecule has 0 bridgehead atoms. The summed E-state index contributed by atoms with van der Waals surface area (Å²) in [7, 11) is 0. The minimum absolute atomic E-state index is 0.118. The van der Waals surface area contributed by atoms with E-state index in [1.807, 2.05) is 6.07 Å². The summed E-state index contributed by atoms with van der Waals surface area (Å²) in [5, 5.41) is 5.89. The quantitative estimate of drug-likeness (QED) is 0.691. The Morgan fingerprint density at radius 2 is 1.82 bits per heavy atom. The fourth-order valence-electron chi connectivity index (χ4n) is 6.30. The number of amides is 3. The van der Waals surface area contributed by atoms with Gasteiger partial charge >= 0.3 is 0 Å². The van der Waals surface area contributed by atoms with Gasteiger partial charge in [0.05, 0.1) is 0 Å². The molecule has 0 aromatic heterocycles. The minimum atomic E-state index is -0.574. The highest BCUT2D eigenvalue weighted by molar-refractivity contribution is 6.05. The molecule has 4 heterocycles. The summed E-state index contributed by atoms with van der Waals surface area (Å²) in [5.41, 5.74) is 5.87. The third-order valence-corrected chi connectivity index (χ3v) is 8.05. The van der Waals surface area contributed by atoms with E-state index < -0.39 is 6.04 Å². The van der Waals surface area contributed by atoms with Crippen LogP contribution in [-0.2, 0) is 29.1 Å². The molecule has 0 radical (unpaired) electrons. The molecule has 1 unspecified atom stereocenters. The van der Waals surface area contributed by atoms with Crippen LogP contribution in [-0.4, -0.2) is 48.3 Å². The molecule has 34 heavy (non-hydrogen) atoms. The van der Waals surface area contributed by atoms with Crippen molar-refractivity contribution < 1.29 is 14.4 Å².